The molecule has 2 fully saturated rings. The lowest BCUT2D eigenvalue weighted by molar-refractivity contribution is 0.102. The number of nitrogens with zero attached hydrogens (tertiary/aromatic N) is 3. The molecule has 8 heteroatoms. The van der Waals surface area contributed by atoms with E-state index in [4.69, 9.17) is 0 Å². The molecule has 1 N–H and O–H groups in total. The molecule has 1 amide bonds. The molecule has 164 valence electrons. The SMILES string of the molecule is CN1CCC/C1=N\S(=O)(=O)c1cccc(NC(=O)c2ccc(CN3CCCC3)cc2)c1. The predicted octanol–water partition coefficient (Wildman–Crippen LogP) is 3.35. The first kappa shape index (κ1) is 21.5. The van der Waals surface area contributed by atoms with Gasteiger partial charge in [-0.25, -0.2) is 0 Å². The van der Waals surface area contributed by atoms with Crippen LogP contribution in [-0.2, 0) is 16.6 Å². The molecule has 2 aromatic carbocycles. The van der Waals surface area contributed by atoms with Crippen LogP contribution in [0, 0.1) is 0 Å². The van der Waals surface area contributed by atoms with E-state index in [1.54, 1.807) is 12.1 Å². The van der Waals surface area contributed by atoms with Gasteiger partial charge < -0.3 is 10.2 Å². The first-order valence-corrected chi connectivity index (χ1v) is 12.1. The van der Waals surface area contributed by atoms with Crippen molar-refractivity contribution >= 4 is 27.5 Å². The van der Waals surface area contributed by atoms with Crippen LogP contribution in [0.15, 0.2) is 57.8 Å². The number of amides is 1. The van der Waals surface area contributed by atoms with Crippen LogP contribution in [0.4, 0.5) is 5.69 Å². The molecule has 0 saturated carbocycles. The third-order valence-electron chi connectivity index (χ3n) is 5.77. The number of amidine groups is 1. The van der Waals surface area contributed by atoms with Gasteiger partial charge in [-0.3, -0.25) is 9.69 Å². The Bertz CT molecular complexity index is 1070. The van der Waals surface area contributed by atoms with Gasteiger partial charge in [0.25, 0.3) is 15.9 Å². The zero-order chi connectivity index (χ0) is 21.8. The first-order chi connectivity index (χ1) is 14.9. The van der Waals surface area contributed by atoms with E-state index >= 15 is 0 Å². The highest BCUT2D eigenvalue weighted by molar-refractivity contribution is 7.90. The molecule has 0 atom stereocenters. The number of likely N-dealkylation sites (tertiary alicyclic amines) is 2. The van der Waals surface area contributed by atoms with Crippen molar-refractivity contribution in [3.63, 3.8) is 0 Å². The molecule has 0 unspecified atom stereocenters. The molecule has 2 aromatic rings. The van der Waals surface area contributed by atoms with E-state index in [0.717, 1.165) is 32.6 Å². The van der Waals surface area contributed by atoms with Crippen LogP contribution in [0.2, 0.25) is 0 Å². The van der Waals surface area contributed by atoms with Gasteiger partial charge in [-0.2, -0.15) is 8.42 Å². The van der Waals surface area contributed by atoms with Crippen molar-refractivity contribution in [2.24, 2.45) is 4.40 Å². The summed E-state index contributed by atoms with van der Waals surface area (Å²) in [4.78, 5) is 17.0. The van der Waals surface area contributed by atoms with Gasteiger partial charge in [0, 0.05) is 37.8 Å². The number of benzene rings is 2. The molecule has 0 spiro atoms. The van der Waals surface area contributed by atoms with Crippen molar-refractivity contribution in [1.82, 2.24) is 9.80 Å². The van der Waals surface area contributed by atoms with Gasteiger partial charge in [0.2, 0.25) is 0 Å². The van der Waals surface area contributed by atoms with Crippen LogP contribution >= 0.6 is 0 Å². The summed E-state index contributed by atoms with van der Waals surface area (Å²) in [5, 5.41) is 2.79. The lowest BCUT2D eigenvalue weighted by Crippen LogP contribution is -2.20. The highest BCUT2D eigenvalue weighted by Crippen LogP contribution is 2.21. The van der Waals surface area contributed by atoms with Gasteiger partial charge >= 0.3 is 0 Å². The number of nitrogens with one attached hydrogen (secondary N) is 1. The van der Waals surface area contributed by atoms with Crippen molar-refractivity contribution in [3.8, 4) is 0 Å². The van der Waals surface area contributed by atoms with Crippen LogP contribution in [0.3, 0.4) is 0 Å². The van der Waals surface area contributed by atoms with Gasteiger partial charge in [-0.15, -0.1) is 4.40 Å². The molecule has 4 rings (SSSR count). The van der Waals surface area contributed by atoms with Crippen molar-refractivity contribution in [2.45, 2.75) is 37.1 Å². The normalized spacial score (nSPS) is 18.6. The van der Waals surface area contributed by atoms with Gasteiger partial charge in [0.1, 0.15) is 5.84 Å². The average Bonchev–Trinajstić information content (AvgIpc) is 3.40. The third-order valence-corrected chi connectivity index (χ3v) is 7.07. The van der Waals surface area contributed by atoms with Crippen LogP contribution in [-0.4, -0.2) is 56.6 Å². The van der Waals surface area contributed by atoms with Gasteiger partial charge in [-0.05, 0) is 68.2 Å². The van der Waals surface area contributed by atoms with Gasteiger partial charge in [-0.1, -0.05) is 18.2 Å². The van der Waals surface area contributed by atoms with E-state index in [1.807, 2.05) is 36.2 Å². The zero-order valence-corrected chi connectivity index (χ0v) is 18.6. The average molecular weight is 441 g/mol. The Labute approximate surface area is 183 Å². The summed E-state index contributed by atoms with van der Waals surface area (Å²) in [5.74, 6) is 0.299. The lowest BCUT2D eigenvalue weighted by atomic mass is 10.1. The first-order valence-electron chi connectivity index (χ1n) is 10.7. The largest absolute Gasteiger partial charge is 0.362 e. The Kier molecular flexibility index (Phi) is 6.38. The maximum Gasteiger partial charge on any atom is 0.284 e. The second-order valence-corrected chi connectivity index (χ2v) is 9.77. The maximum absolute atomic E-state index is 12.7. The smallest absolute Gasteiger partial charge is 0.284 e. The minimum atomic E-state index is -3.83. The fourth-order valence-electron chi connectivity index (χ4n) is 4.00. The standard InChI is InChI=1S/C23H28N4O3S/c1-26-13-5-8-22(26)25-31(29,30)21-7-4-6-20(16-21)24-23(28)19-11-9-18(10-12-19)17-27-14-2-3-15-27/h4,6-7,9-12,16H,2-3,5,8,13-15,17H2,1H3,(H,24,28)/b25-22+. The highest BCUT2D eigenvalue weighted by atomic mass is 32.2. The number of sulfonamides is 1. The fourth-order valence-corrected chi connectivity index (χ4v) is 5.14. The number of hydrogen-bond donors (Lipinski definition) is 1. The third kappa shape index (κ3) is 5.32. The molecular formula is C23H28N4O3S. The number of carbonyl (C=O) groups is 1. The van der Waals surface area contributed by atoms with Crippen LogP contribution < -0.4 is 5.32 Å². The van der Waals surface area contributed by atoms with Crippen LogP contribution in [0.25, 0.3) is 0 Å². The summed E-state index contributed by atoms with van der Waals surface area (Å²) in [6.07, 6.45) is 4.05. The van der Waals surface area contributed by atoms with E-state index in [1.165, 1.54) is 30.5 Å². The minimum Gasteiger partial charge on any atom is -0.362 e. The molecule has 2 aliphatic rings. The molecule has 2 saturated heterocycles. The minimum absolute atomic E-state index is 0.0686. The van der Waals surface area contributed by atoms with Gasteiger partial charge in [0.15, 0.2) is 0 Å². The number of anilines is 1. The Hall–Kier alpha value is -2.71. The summed E-state index contributed by atoms with van der Waals surface area (Å²) in [6.45, 7) is 3.97. The summed E-state index contributed by atoms with van der Waals surface area (Å²) in [6, 6.07) is 13.8. The van der Waals surface area contributed by atoms with Crippen molar-refractivity contribution in [1.29, 1.82) is 0 Å². The molecular weight excluding hydrogens is 412 g/mol. The van der Waals surface area contributed by atoms with E-state index in [9.17, 15) is 13.2 Å². The monoisotopic (exact) mass is 440 g/mol. The van der Waals surface area contributed by atoms with E-state index in [0.29, 0.717) is 23.5 Å². The second kappa shape index (κ2) is 9.20. The van der Waals surface area contributed by atoms with Crippen molar-refractivity contribution < 1.29 is 13.2 Å². The maximum atomic E-state index is 12.7. The number of hydrogen-bond acceptors (Lipinski definition) is 4. The van der Waals surface area contributed by atoms with Crippen LogP contribution in [0.1, 0.15) is 41.6 Å². The molecule has 7 nitrogen and oxygen atoms in total. The Morgan fingerprint density at radius 2 is 1.77 bits per heavy atom. The molecule has 0 aromatic heterocycles. The topological polar surface area (TPSA) is 82.1 Å². The van der Waals surface area contributed by atoms with Crippen molar-refractivity contribution in [3.05, 3.63) is 59.7 Å². The number of rotatable bonds is 6. The Balaban J connectivity index is 1.44. The van der Waals surface area contributed by atoms with E-state index in [2.05, 4.69) is 14.6 Å². The molecule has 31 heavy (non-hydrogen) atoms. The van der Waals surface area contributed by atoms with E-state index in [-0.39, 0.29) is 10.8 Å². The quantitative estimate of drug-likeness (QED) is 0.745. The Morgan fingerprint density at radius 3 is 2.45 bits per heavy atom. The number of carbonyl (C=O) groups excluding carboxylic acids is 1. The molecule has 2 heterocycles. The summed E-state index contributed by atoms with van der Waals surface area (Å²) in [7, 11) is -1.98. The Morgan fingerprint density at radius 1 is 1.03 bits per heavy atom. The summed E-state index contributed by atoms with van der Waals surface area (Å²) >= 11 is 0. The second-order valence-electron chi connectivity index (χ2n) is 8.17. The summed E-state index contributed by atoms with van der Waals surface area (Å²) < 4.78 is 29.4. The molecule has 0 aliphatic carbocycles. The van der Waals surface area contributed by atoms with Crippen molar-refractivity contribution in [2.75, 3.05) is 32.0 Å². The lowest BCUT2D eigenvalue weighted by Gasteiger charge is -2.14. The zero-order valence-electron chi connectivity index (χ0n) is 17.8. The predicted molar refractivity (Wildman–Crippen MR) is 122 cm³/mol. The van der Waals surface area contributed by atoms with Gasteiger partial charge in [0.05, 0.1) is 4.90 Å². The molecule has 0 radical (unpaired) electrons. The molecule has 2 aliphatic heterocycles. The van der Waals surface area contributed by atoms with Crippen LogP contribution in [0.5, 0.6) is 0 Å². The highest BCUT2D eigenvalue weighted by Gasteiger charge is 2.21. The molecule has 0 bridgehead atoms. The summed E-state index contributed by atoms with van der Waals surface area (Å²) in [5.41, 5.74) is 2.14. The van der Waals surface area contributed by atoms with E-state index < -0.39 is 10.0 Å². The fraction of sp³-hybridized carbons (Fsp3) is 0.391.